The van der Waals surface area contributed by atoms with Gasteiger partial charge in [0.15, 0.2) is 5.58 Å². The van der Waals surface area contributed by atoms with Gasteiger partial charge in [0.1, 0.15) is 5.82 Å². The second-order valence-electron chi connectivity index (χ2n) is 9.84. The van der Waals surface area contributed by atoms with E-state index in [9.17, 15) is 9.18 Å². The van der Waals surface area contributed by atoms with Gasteiger partial charge < -0.3 is 23.6 Å². The van der Waals surface area contributed by atoms with Crippen LogP contribution < -0.4 is 0 Å². The summed E-state index contributed by atoms with van der Waals surface area (Å²) < 4.78 is 26.8. The zero-order valence-electron chi connectivity index (χ0n) is 20.9. The van der Waals surface area contributed by atoms with Crippen molar-refractivity contribution in [2.45, 2.75) is 58.1 Å². The molecule has 5 rings (SSSR count). The van der Waals surface area contributed by atoms with Gasteiger partial charge in [-0.1, -0.05) is 5.16 Å². The van der Waals surface area contributed by atoms with Crippen LogP contribution in [0, 0.1) is 12.7 Å². The van der Waals surface area contributed by atoms with Crippen LogP contribution in [0.2, 0.25) is 0 Å². The Morgan fingerprint density at radius 3 is 2.71 bits per heavy atom. The Morgan fingerprint density at radius 2 is 1.97 bits per heavy atom. The molecule has 1 unspecified atom stereocenters. The van der Waals surface area contributed by atoms with Crippen LogP contribution in [0.25, 0.3) is 11.0 Å². The molecule has 1 amide bonds. The van der Waals surface area contributed by atoms with E-state index in [1.54, 1.807) is 13.2 Å². The predicted molar refractivity (Wildman–Crippen MR) is 132 cm³/mol. The molecule has 1 atom stereocenters. The highest BCUT2D eigenvalue weighted by molar-refractivity contribution is 5.97. The first kappa shape index (κ1) is 24.0. The number of rotatable bonds is 7. The van der Waals surface area contributed by atoms with Crippen molar-refractivity contribution < 1.29 is 18.4 Å². The number of halogens is 1. The van der Waals surface area contributed by atoms with Crippen LogP contribution in [0.4, 0.5) is 4.39 Å². The van der Waals surface area contributed by atoms with Gasteiger partial charge in [0.2, 0.25) is 0 Å². The molecule has 35 heavy (non-hydrogen) atoms. The summed E-state index contributed by atoms with van der Waals surface area (Å²) in [6.45, 7) is 9.38. The summed E-state index contributed by atoms with van der Waals surface area (Å²) in [5.74, 6) is 0.169. The minimum atomic E-state index is -0.301. The third kappa shape index (κ3) is 4.61. The molecule has 2 aromatic heterocycles. The molecule has 7 nitrogen and oxygen atoms in total. The quantitative estimate of drug-likeness (QED) is 0.479. The van der Waals surface area contributed by atoms with Gasteiger partial charge in [-0.2, -0.15) is 0 Å². The number of hydrogen-bond acceptors (Lipinski definition) is 5. The number of aryl methyl sites for hydroxylation is 2. The molecule has 3 aromatic rings. The van der Waals surface area contributed by atoms with Gasteiger partial charge in [0.05, 0.1) is 23.1 Å². The average Bonchev–Trinajstić information content (AvgIpc) is 3.39. The standard InChI is InChI=1S/C27H35FN4O3/c1-4-31-17-18(2)24-26(31)22(34-3)10-15-32(27(24)33)12-5-11-30-13-8-19(9-14-30)25-21-7-6-20(28)16-23(21)35-29-25/h6-7,16-17,19,22H,4-5,8-15H2,1-3H3. The maximum Gasteiger partial charge on any atom is 0.256 e. The van der Waals surface area contributed by atoms with Crippen LogP contribution in [-0.2, 0) is 11.3 Å². The summed E-state index contributed by atoms with van der Waals surface area (Å²) in [7, 11) is 1.74. The van der Waals surface area contributed by atoms with Crippen LogP contribution in [0.15, 0.2) is 28.9 Å². The summed E-state index contributed by atoms with van der Waals surface area (Å²) in [4.78, 5) is 17.9. The molecule has 2 aliphatic heterocycles. The van der Waals surface area contributed by atoms with Crippen LogP contribution in [0.5, 0.6) is 0 Å². The van der Waals surface area contributed by atoms with E-state index in [1.165, 1.54) is 12.1 Å². The van der Waals surface area contributed by atoms with Gasteiger partial charge in [-0.15, -0.1) is 0 Å². The molecule has 1 fully saturated rings. The highest BCUT2D eigenvalue weighted by Crippen LogP contribution is 2.34. The topological polar surface area (TPSA) is 63.7 Å². The fraction of sp³-hybridized carbons (Fsp3) is 0.556. The number of aromatic nitrogens is 2. The number of piperidine rings is 1. The predicted octanol–water partition coefficient (Wildman–Crippen LogP) is 4.90. The molecule has 0 bridgehead atoms. The minimum absolute atomic E-state index is 0.0456. The Bertz CT molecular complexity index is 1190. The number of benzene rings is 1. The van der Waals surface area contributed by atoms with E-state index in [2.05, 4.69) is 27.7 Å². The molecule has 2 aliphatic rings. The zero-order chi connectivity index (χ0) is 24.5. The van der Waals surface area contributed by atoms with Crippen molar-refractivity contribution in [2.75, 3.05) is 39.8 Å². The van der Waals surface area contributed by atoms with Crippen molar-refractivity contribution >= 4 is 16.9 Å². The van der Waals surface area contributed by atoms with Crippen molar-refractivity contribution in [3.05, 3.63) is 52.7 Å². The van der Waals surface area contributed by atoms with Crippen molar-refractivity contribution in [1.29, 1.82) is 0 Å². The van der Waals surface area contributed by atoms with Crippen molar-refractivity contribution in [3.63, 3.8) is 0 Å². The number of carbonyl (C=O) groups is 1. The first-order valence-corrected chi connectivity index (χ1v) is 12.8. The van der Waals surface area contributed by atoms with Crippen LogP contribution >= 0.6 is 0 Å². The van der Waals surface area contributed by atoms with Gasteiger partial charge >= 0.3 is 0 Å². The molecule has 0 spiro atoms. The van der Waals surface area contributed by atoms with Gasteiger partial charge in [-0.3, -0.25) is 4.79 Å². The number of hydrogen-bond donors (Lipinski definition) is 0. The number of likely N-dealkylation sites (tertiary alicyclic amines) is 1. The molecule has 8 heteroatoms. The maximum absolute atomic E-state index is 13.5. The summed E-state index contributed by atoms with van der Waals surface area (Å²) in [6.07, 6.45) is 5.81. The summed E-state index contributed by atoms with van der Waals surface area (Å²) in [5, 5.41) is 5.18. The summed E-state index contributed by atoms with van der Waals surface area (Å²) >= 11 is 0. The summed E-state index contributed by atoms with van der Waals surface area (Å²) in [5.41, 5.74) is 4.37. The van der Waals surface area contributed by atoms with Gasteiger partial charge in [0, 0.05) is 50.3 Å². The Morgan fingerprint density at radius 1 is 1.17 bits per heavy atom. The molecule has 4 heterocycles. The second-order valence-corrected chi connectivity index (χ2v) is 9.84. The van der Waals surface area contributed by atoms with Crippen LogP contribution in [0.3, 0.4) is 0 Å². The normalized spacial score (nSPS) is 19.9. The molecule has 0 aliphatic carbocycles. The third-order valence-corrected chi connectivity index (χ3v) is 7.74. The van der Waals surface area contributed by atoms with E-state index < -0.39 is 0 Å². The van der Waals surface area contributed by atoms with E-state index in [-0.39, 0.29) is 17.8 Å². The van der Waals surface area contributed by atoms with E-state index in [1.807, 2.05) is 11.8 Å². The van der Waals surface area contributed by atoms with E-state index in [4.69, 9.17) is 9.26 Å². The van der Waals surface area contributed by atoms with Crippen LogP contribution in [0.1, 0.15) is 71.9 Å². The first-order valence-electron chi connectivity index (χ1n) is 12.8. The highest BCUT2D eigenvalue weighted by Gasteiger charge is 2.33. The Balaban J connectivity index is 1.16. The number of ether oxygens (including phenoxy) is 1. The number of amides is 1. The van der Waals surface area contributed by atoms with Gasteiger partial charge in [0.25, 0.3) is 5.91 Å². The number of carbonyl (C=O) groups excluding carboxylic acids is 1. The van der Waals surface area contributed by atoms with Gasteiger partial charge in [-0.25, -0.2) is 4.39 Å². The fourth-order valence-corrected chi connectivity index (χ4v) is 5.85. The fourth-order valence-electron chi connectivity index (χ4n) is 5.85. The molecule has 0 N–H and O–H groups in total. The largest absolute Gasteiger partial charge is 0.375 e. The lowest BCUT2D eigenvalue weighted by Gasteiger charge is -2.31. The third-order valence-electron chi connectivity index (χ3n) is 7.74. The van der Waals surface area contributed by atoms with Crippen molar-refractivity contribution in [2.24, 2.45) is 0 Å². The molecular weight excluding hydrogens is 447 g/mol. The van der Waals surface area contributed by atoms with E-state index in [0.29, 0.717) is 11.5 Å². The molecule has 1 aromatic carbocycles. The molecule has 0 radical (unpaired) electrons. The summed E-state index contributed by atoms with van der Waals surface area (Å²) in [6, 6.07) is 4.65. The van der Waals surface area contributed by atoms with Crippen molar-refractivity contribution in [1.82, 2.24) is 19.5 Å². The second kappa shape index (κ2) is 10.1. The van der Waals surface area contributed by atoms with Gasteiger partial charge in [-0.05, 0) is 76.9 Å². The number of fused-ring (bicyclic) bond motifs is 2. The monoisotopic (exact) mass is 482 g/mol. The Kier molecular flexibility index (Phi) is 6.93. The smallest absolute Gasteiger partial charge is 0.256 e. The minimum Gasteiger partial charge on any atom is -0.375 e. The number of methoxy groups -OCH3 is 1. The first-order chi connectivity index (χ1) is 17.0. The zero-order valence-corrected chi connectivity index (χ0v) is 20.9. The Labute approximate surface area is 205 Å². The SMILES string of the molecule is CCn1cc(C)c2c1C(OC)CCN(CCCN1CCC(c3noc4cc(F)ccc34)CC1)C2=O. The molecule has 1 saturated heterocycles. The van der Waals surface area contributed by atoms with E-state index in [0.717, 1.165) is 92.9 Å². The maximum atomic E-state index is 13.5. The number of nitrogens with zero attached hydrogens (tertiary/aromatic N) is 4. The lowest BCUT2D eigenvalue weighted by Crippen LogP contribution is -2.37. The molecule has 0 saturated carbocycles. The molecular formula is C27H35FN4O3. The Hall–Kier alpha value is -2.71. The van der Waals surface area contributed by atoms with Crippen molar-refractivity contribution in [3.8, 4) is 0 Å². The van der Waals surface area contributed by atoms with E-state index >= 15 is 0 Å². The van der Waals surface area contributed by atoms with Crippen LogP contribution in [-0.4, -0.2) is 65.3 Å². The average molecular weight is 483 g/mol. The molecule has 188 valence electrons. The highest BCUT2D eigenvalue weighted by atomic mass is 19.1. The lowest BCUT2D eigenvalue weighted by molar-refractivity contribution is 0.0685. The lowest BCUT2D eigenvalue weighted by atomic mass is 9.91.